The zero-order valence-electron chi connectivity index (χ0n) is 19.4. The van der Waals surface area contributed by atoms with Gasteiger partial charge in [0.25, 0.3) is 0 Å². The van der Waals surface area contributed by atoms with Gasteiger partial charge in [0.05, 0.1) is 6.04 Å². The third-order valence-electron chi connectivity index (χ3n) is 8.09. The Bertz CT molecular complexity index is 869. The number of amides is 2. The lowest BCUT2D eigenvalue weighted by Crippen LogP contribution is -2.59. The maximum Gasteiger partial charge on any atom is 0.328 e. The summed E-state index contributed by atoms with van der Waals surface area (Å²) >= 11 is 0. The van der Waals surface area contributed by atoms with Gasteiger partial charge in [-0.3, -0.25) is 20.1 Å². The molecule has 0 aromatic carbocycles. The summed E-state index contributed by atoms with van der Waals surface area (Å²) in [5.41, 5.74) is 1.77. The first-order valence-corrected chi connectivity index (χ1v) is 12.7. The predicted molar refractivity (Wildman–Crippen MR) is 126 cm³/mol. The molecule has 32 heavy (non-hydrogen) atoms. The van der Waals surface area contributed by atoms with Crippen molar-refractivity contribution in [3.05, 3.63) is 35.3 Å². The quantitative estimate of drug-likeness (QED) is 0.578. The van der Waals surface area contributed by atoms with Crippen LogP contribution in [0.5, 0.6) is 0 Å². The summed E-state index contributed by atoms with van der Waals surface area (Å²) in [4.78, 5) is 22.9. The lowest BCUT2D eigenvalue weighted by atomic mass is 9.80. The number of allylic oxidation sites excluding steroid dienone is 4. The van der Waals surface area contributed by atoms with Crippen LogP contribution in [0, 0.1) is 0 Å². The zero-order valence-corrected chi connectivity index (χ0v) is 19.4. The number of amidine groups is 1. The summed E-state index contributed by atoms with van der Waals surface area (Å²) in [5, 5.41) is 3.15. The van der Waals surface area contributed by atoms with Gasteiger partial charge in [0.15, 0.2) is 0 Å². The summed E-state index contributed by atoms with van der Waals surface area (Å²) in [6.07, 6.45) is 18.3. The van der Waals surface area contributed by atoms with Gasteiger partial charge < -0.3 is 0 Å². The van der Waals surface area contributed by atoms with Crippen molar-refractivity contribution >= 4 is 11.9 Å². The molecule has 0 bridgehead atoms. The van der Waals surface area contributed by atoms with Gasteiger partial charge >= 0.3 is 6.03 Å². The lowest BCUT2D eigenvalue weighted by Gasteiger charge is -2.47. The number of nitrogens with one attached hydrogen (secondary N) is 1. The molecular weight excluding hydrogens is 403 g/mol. The summed E-state index contributed by atoms with van der Waals surface area (Å²) in [7, 11) is 0. The van der Waals surface area contributed by atoms with Crippen molar-refractivity contribution in [2.75, 3.05) is 13.1 Å². The van der Waals surface area contributed by atoms with E-state index in [2.05, 4.69) is 23.2 Å². The van der Waals surface area contributed by atoms with Crippen molar-refractivity contribution in [2.45, 2.75) is 102 Å². The molecule has 1 spiro atoms. The average Bonchev–Trinajstić information content (AvgIpc) is 3.37. The highest BCUT2D eigenvalue weighted by Gasteiger charge is 2.55. The van der Waals surface area contributed by atoms with Gasteiger partial charge in [-0.2, -0.15) is 0 Å². The molecule has 5 nitrogen and oxygen atoms in total. The van der Waals surface area contributed by atoms with E-state index in [0.29, 0.717) is 30.6 Å². The summed E-state index contributed by atoms with van der Waals surface area (Å²) in [6.45, 7) is 4.24. The summed E-state index contributed by atoms with van der Waals surface area (Å²) < 4.78 is 14.2. The van der Waals surface area contributed by atoms with Crippen molar-refractivity contribution in [3.63, 3.8) is 0 Å². The van der Waals surface area contributed by atoms with Crippen molar-refractivity contribution in [2.24, 2.45) is 4.99 Å². The molecule has 5 aliphatic rings. The van der Waals surface area contributed by atoms with Crippen LogP contribution in [0.25, 0.3) is 0 Å². The van der Waals surface area contributed by atoms with E-state index in [9.17, 15) is 9.18 Å². The van der Waals surface area contributed by atoms with E-state index >= 15 is 0 Å². The minimum absolute atomic E-state index is 0.137. The molecule has 2 saturated heterocycles. The minimum Gasteiger partial charge on any atom is -0.297 e. The number of halogens is 1. The predicted octanol–water partition coefficient (Wildman–Crippen LogP) is 5.61. The summed E-state index contributed by atoms with van der Waals surface area (Å²) in [5.74, 6) is 0.697. The Morgan fingerprint density at radius 3 is 2.72 bits per heavy atom. The third-order valence-corrected chi connectivity index (χ3v) is 8.09. The molecule has 6 heteroatoms. The van der Waals surface area contributed by atoms with Gasteiger partial charge in [-0.1, -0.05) is 37.0 Å². The molecular formula is C26H37FN4O. The van der Waals surface area contributed by atoms with Crippen molar-refractivity contribution in [3.8, 4) is 0 Å². The lowest BCUT2D eigenvalue weighted by molar-refractivity contribution is 0.0882. The van der Waals surface area contributed by atoms with E-state index in [0.717, 1.165) is 44.6 Å². The fraction of sp³-hybridized carbons (Fsp3) is 0.692. The van der Waals surface area contributed by atoms with E-state index in [1.807, 2.05) is 11.0 Å². The number of hydrogen-bond acceptors (Lipinski definition) is 3. The van der Waals surface area contributed by atoms with Gasteiger partial charge in [0.2, 0.25) is 0 Å². The number of carbonyl (C=O) groups excluding carboxylic acids is 1. The van der Waals surface area contributed by atoms with Gasteiger partial charge in [-0.05, 0) is 64.4 Å². The highest BCUT2D eigenvalue weighted by atomic mass is 19.1. The molecule has 174 valence electrons. The first-order chi connectivity index (χ1) is 15.5. The van der Waals surface area contributed by atoms with Crippen LogP contribution in [0.2, 0.25) is 0 Å². The van der Waals surface area contributed by atoms with Crippen LogP contribution < -0.4 is 5.32 Å². The van der Waals surface area contributed by atoms with Crippen LogP contribution in [0.3, 0.4) is 0 Å². The number of carbonyl (C=O) groups is 1. The SMILES string of the molecule is CC1CC2(CCN1CC1=CCCC1)C(=NC1CCCCC1)NC(=O)N2C1=CCCC(F)=C1. The van der Waals surface area contributed by atoms with Crippen LogP contribution in [0.1, 0.15) is 84.0 Å². The molecule has 2 atom stereocenters. The molecule has 2 heterocycles. The topological polar surface area (TPSA) is 47.9 Å². The van der Waals surface area contributed by atoms with Gasteiger partial charge in [-0.15, -0.1) is 0 Å². The Labute approximate surface area is 191 Å². The maximum atomic E-state index is 14.2. The maximum absolute atomic E-state index is 14.2. The molecule has 1 N–H and O–H groups in total. The van der Waals surface area contributed by atoms with Crippen LogP contribution >= 0.6 is 0 Å². The Hall–Kier alpha value is -1.95. The monoisotopic (exact) mass is 440 g/mol. The molecule has 0 aromatic rings. The number of rotatable bonds is 4. The van der Waals surface area contributed by atoms with Gasteiger partial charge in [-0.25, -0.2) is 9.18 Å². The molecule has 1 saturated carbocycles. The normalized spacial score (nSPS) is 33.5. The Kier molecular flexibility index (Phi) is 6.24. The Morgan fingerprint density at radius 1 is 1.16 bits per heavy atom. The van der Waals surface area contributed by atoms with E-state index in [1.165, 1.54) is 38.5 Å². The van der Waals surface area contributed by atoms with E-state index < -0.39 is 5.54 Å². The third kappa shape index (κ3) is 4.18. The summed E-state index contributed by atoms with van der Waals surface area (Å²) in [6, 6.07) is 0.478. The molecule has 0 radical (unpaired) electrons. The number of aliphatic imine (C=N–C) groups is 1. The van der Waals surface area contributed by atoms with Crippen LogP contribution in [-0.4, -0.2) is 52.4 Å². The second-order valence-corrected chi connectivity index (χ2v) is 10.4. The largest absolute Gasteiger partial charge is 0.328 e. The molecule has 0 aromatic heterocycles. The average molecular weight is 441 g/mol. The highest BCUT2D eigenvalue weighted by Crippen LogP contribution is 2.41. The highest BCUT2D eigenvalue weighted by molar-refractivity contribution is 6.11. The van der Waals surface area contributed by atoms with Crippen LogP contribution in [0.4, 0.5) is 9.18 Å². The fourth-order valence-electron chi connectivity index (χ4n) is 6.35. The van der Waals surface area contributed by atoms with E-state index in [-0.39, 0.29) is 11.9 Å². The second kappa shape index (κ2) is 9.12. The van der Waals surface area contributed by atoms with Gasteiger partial charge in [0.1, 0.15) is 17.2 Å². The number of hydrogen-bond donors (Lipinski definition) is 1. The van der Waals surface area contributed by atoms with Crippen molar-refractivity contribution in [1.29, 1.82) is 0 Å². The first kappa shape index (κ1) is 21.9. The molecule has 5 rings (SSSR count). The minimum atomic E-state index is -0.492. The van der Waals surface area contributed by atoms with Gasteiger partial charge in [0, 0.05) is 31.2 Å². The fourth-order valence-corrected chi connectivity index (χ4v) is 6.35. The van der Waals surface area contributed by atoms with E-state index in [1.54, 1.807) is 11.6 Å². The standard InChI is InChI=1S/C26H37FN4O/c1-19-17-26(14-15-30(19)18-20-8-5-6-9-20)24(28-22-11-3-2-4-12-22)29-25(32)31(26)23-13-7-10-21(27)16-23/h8,13,16,19,22H,2-7,9-12,14-15,17-18H2,1H3,(H,28,29,32). The zero-order chi connectivity index (χ0) is 22.1. The van der Waals surface area contributed by atoms with Crippen molar-refractivity contribution in [1.82, 2.24) is 15.1 Å². The molecule has 3 fully saturated rings. The number of likely N-dealkylation sites (tertiary alicyclic amines) is 1. The number of urea groups is 1. The number of nitrogens with zero attached hydrogens (tertiary/aromatic N) is 3. The Balaban J connectivity index is 1.45. The molecule has 2 aliphatic heterocycles. The smallest absolute Gasteiger partial charge is 0.297 e. The van der Waals surface area contributed by atoms with Crippen LogP contribution in [0.15, 0.2) is 40.3 Å². The first-order valence-electron chi connectivity index (χ1n) is 12.7. The second-order valence-electron chi connectivity index (χ2n) is 10.4. The molecule has 3 aliphatic carbocycles. The van der Waals surface area contributed by atoms with Crippen molar-refractivity contribution < 1.29 is 9.18 Å². The number of piperidine rings is 1. The Morgan fingerprint density at radius 2 is 2.00 bits per heavy atom. The molecule has 2 unspecified atom stereocenters. The molecule has 2 amide bonds. The van der Waals surface area contributed by atoms with Crippen LogP contribution in [-0.2, 0) is 0 Å². The van der Waals surface area contributed by atoms with E-state index in [4.69, 9.17) is 4.99 Å².